The molecule has 5 rings (SSSR count). The highest BCUT2D eigenvalue weighted by Crippen LogP contribution is 2.40. The molecule has 0 unspecified atom stereocenters. The Kier molecular flexibility index (Phi) is 7.88. The minimum atomic E-state index is -1.26. The van der Waals surface area contributed by atoms with Gasteiger partial charge in [-0.3, -0.25) is 25.0 Å². The molecule has 2 aliphatic heterocycles. The standard InChI is InChI=1S/C22H19FN4O5.C4H4O4/c1-2-13-16(10-15-18(20(13)27(30)31)22(29)24-21(15)28)26-7-5-11(6-8-26)19-14-4-3-12(23)9-17(14)32-25-19;5-3(6)1-2-4(7)8/h3-4,9-11H,2,5-8H2,1H3,(H,24,28,29);1-2H,(H,5,6)(H,7,8)/b;2-1+. The van der Waals surface area contributed by atoms with E-state index in [4.69, 9.17) is 14.7 Å². The highest BCUT2D eigenvalue weighted by atomic mass is 19.1. The van der Waals surface area contributed by atoms with Gasteiger partial charge in [0.2, 0.25) is 0 Å². The minimum absolute atomic E-state index is 0.0422. The number of hydrogen-bond donors (Lipinski definition) is 3. The number of nitrogens with zero attached hydrogens (tertiary/aromatic N) is 3. The van der Waals surface area contributed by atoms with Crippen molar-refractivity contribution in [2.45, 2.75) is 32.1 Å². The average Bonchev–Trinajstić information content (AvgIpc) is 3.46. The summed E-state index contributed by atoms with van der Waals surface area (Å²) in [5.74, 6) is -4.15. The molecule has 0 aliphatic carbocycles. The number of benzene rings is 2. The summed E-state index contributed by atoms with van der Waals surface area (Å²) in [6, 6.07) is 5.94. The van der Waals surface area contributed by atoms with E-state index in [0.717, 1.165) is 11.1 Å². The Morgan fingerprint density at radius 1 is 1.18 bits per heavy atom. The average molecular weight is 554 g/mol. The summed E-state index contributed by atoms with van der Waals surface area (Å²) in [7, 11) is 0. The first-order valence-electron chi connectivity index (χ1n) is 12.1. The predicted octanol–water partition coefficient (Wildman–Crippen LogP) is 3.42. The summed E-state index contributed by atoms with van der Waals surface area (Å²) < 4.78 is 18.7. The second-order valence-corrected chi connectivity index (χ2v) is 9.02. The number of fused-ring (bicyclic) bond motifs is 2. The predicted molar refractivity (Wildman–Crippen MR) is 137 cm³/mol. The molecule has 40 heavy (non-hydrogen) atoms. The molecule has 0 saturated carbocycles. The Hall–Kier alpha value is -5.14. The molecular formula is C26H23FN4O9. The third-order valence-corrected chi connectivity index (χ3v) is 6.67. The van der Waals surface area contributed by atoms with E-state index in [1.165, 1.54) is 12.1 Å². The first-order chi connectivity index (χ1) is 19.0. The van der Waals surface area contributed by atoms with Gasteiger partial charge in [0.25, 0.3) is 17.5 Å². The number of carbonyl (C=O) groups is 4. The van der Waals surface area contributed by atoms with Crippen LogP contribution in [0.15, 0.2) is 40.9 Å². The summed E-state index contributed by atoms with van der Waals surface area (Å²) in [5.41, 5.74) is 1.82. The second-order valence-electron chi connectivity index (χ2n) is 9.02. The number of amides is 2. The maximum absolute atomic E-state index is 13.4. The Balaban J connectivity index is 0.000000406. The van der Waals surface area contributed by atoms with Gasteiger partial charge in [0.05, 0.1) is 21.7 Å². The lowest BCUT2D eigenvalue weighted by Gasteiger charge is -2.34. The van der Waals surface area contributed by atoms with E-state index in [-0.39, 0.29) is 28.5 Å². The smallest absolute Gasteiger partial charge is 0.328 e. The number of piperidine rings is 1. The number of carbonyl (C=O) groups excluding carboxylic acids is 2. The second kappa shape index (κ2) is 11.3. The number of aromatic nitrogens is 1. The third kappa shape index (κ3) is 5.50. The fraction of sp³-hybridized carbons (Fsp3) is 0.269. The zero-order valence-corrected chi connectivity index (χ0v) is 21.0. The molecular weight excluding hydrogens is 531 g/mol. The summed E-state index contributed by atoms with van der Waals surface area (Å²) in [6.07, 6.45) is 2.88. The van der Waals surface area contributed by atoms with Crippen molar-refractivity contribution in [2.75, 3.05) is 18.0 Å². The van der Waals surface area contributed by atoms with Gasteiger partial charge in [-0.05, 0) is 37.5 Å². The van der Waals surface area contributed by atoms with Crippen molar-refractivity contribution in [3.63, 3.8) is 0 Å². The number of hydrogen-bond acceptors (Lipinski definition) is 9. The SMILES string of the molecule is CCc1c(N2CCC(c3noc4cc(F)ccc34)CC2)cc2c(c1[N+](=O)[O-])C(=O)NC2=O.O=C(O)/C=C/C(=O)O. The van der Waals surface area contributed by atoms with Gasteiger partial charge in [-0.15, -0.1) is 0 Å². The van der Waals surface area contributed by atoms with Crippen LogP contribution in [0.3, 0.4) is 0 Å². The van der Waals surface area contributed by atoms with Gasteiger partial charge in [-0.1, -0.05) is 12.1 Å². The van der Waals surface area contributed by atoms with Crippen LogP contribution in [-0.4, -0.2) is 57.1 Å². The number of halogens is 1. The van der Waals surface area contributed by atoms with Crippen molar-refractivity contribution >= 4 is 46.1 Å². The van der Waals surface area contributed by atoms with Gasteiger partial charge in [0.15, 0.2) is 5.58 Å². The normalized spacial score (nSPS) is 15.1. The molecule has 0 spiro atoms. The van der Waals surface area contributed by atoms with Crippen molar-refractivity contribution in [1.29, 1.82) is 0 Å². The summed E-state index contributed by atoms with van der Waals surface area (Å²) in [4.78, 5) is 56.8. The lowest BCUT2D eigenvalue weighted by molar-refractivity contribution is -0.385. The van der Waals surface area contributed by atoms with Crippen LogP contribution in [0, 0.1) is 15.9 Å². The lowest BCUT2D eigenvalue weighted by atomic mass is 9.90. The Morgan fingerprint density at radius 3 is 2.40 bits per heavy atom. The van der Waals surface area contributed by atoms with Crippen LogP contribution in [0.4, 0.5) is 15.8 Å². The van der Waals surface area contributed by atoms with Crippen molar-refractivity contribution < 1.29 is 43.2 Å². The molecule has 1 saturated heterocycles. The fourth-order valence-electron chi connectivity index (χ4n) is 4.93. The Labute approximate surface area is 225 Å². The maximum atomic E-state index is 13.4. The number of carboxylic acids is 2. The monoisotopic (exact) mass is 554 g/mol. The summed E-state index contributed by atoms with van der Waals surface area (Å²) in [5, 5.41) is 34.6. The number of imide groups is 1. The van der Waals surface area contributed by atoms with Crippen LogP contribution in [-0.2, 0) is 16.0 Å². The highest BCUT2D eigenvalue weighted by Gasteiger charge is 2.39. The fourth-order valence-corrected chi connectivity index (χ4v) is 4.93. The van der Waals surface area contributed by atoms with Crippen LogP contribution < -0.4 is 10.2 Å². The molecule has 0 atom stereocenters. The zero-order valence-electron chi connectivity index (χ0n) is 21.0. The molecule has 2 aromatic carbocycles. The molecule has 13 nitrogen and oxygen atoms in total. The minimum Gasteiger partial charge on any atom is -0.478 e. The van der Waals surface area contributed by atoms with Gasteiger partial charge >= 0.3 is 11.9 Å². The molecule has 2 amide bonds. The summed E-state index contributed by atoms with van der Waals surface area (Å²) >= 11 is 0. The van der Waals surface area contributed by atoms with E-state index < -0.39 is 28.7 Å². The highest BCUT2D eigenvalue weighted by molar-refractivity contribution is 6.24. The number of nitro groups is 1. The van der Waals surface area contributed by atoms with E-state index >= 15 is 0 Å². The van der Waals surface area contributed by atoms with Crippen LogP contribution >= 0.6 is 0 Å². The molecule has 1 fully saturated rings. The topological polar surface area (TPSA) is 193 Å². The Morgan fingerprint density at radius 2 is 1.82 bits per heavy atom. The van der Waals surface area contributed by atoms with Gasteiger partial charge in [-0.25, -0.2) is 14.0 Å². The largest absolute Gasteiger partial charge is 0.478 e. The van der Waals surface area contributed by atoms with E-state index in [0.29, 0.717) is 61.3 Å². The number of aliphatic carboxylic acids is 2. The first-order valence-corrected chi connectivity index (χ1v) is 12.1. The summed E-state index contributed by atoms with van der Waals surface area (Å²) in [6.45, 7) is 2.96. The number of rotatable bonds is 6. The van der Waals surface area contributed by atoms with E-state index in [2.05, 4.69) is 10.5 Å². The third-order valence-electron chi connectivity index (χ3n) is 6.67. The molecule has 3 N–H and O–H groups in total. The quantitative estimate of drug-likeness (QED) is 0.175. The first kappa shape index (κ1) is 27.9. The maximum Gasteiger partial charge on any atom is 0.328 e. The van der Waals surface area contributed by atoms with Gasteiger partial charge in [0.1, 0.15) is 11.4 Å². The molecule has 3 aromatic rings. The lowest BCUT2D eigenvalue weighted by Crippen LogP contribution is -2.34. The van der Waals surface area contributed by atoms with E-state index in [1.807, 2.05) is 4.90 Å². The van der Waals surface area contributed by atoms with Gasteiger partial charge in [0, 0.05) is 48.3 Å². The van der Waals surface area contributed by atoms with Gasteiger partial charge < -0.3 is 19.6 Å². The molecule has 3 heterocycles. The van der Waals surface area contributed by atoms with Crippen molar-refractivity contribution in [1.82, 2.24) is 10.5 Å². The van der Waals surface area contributed by atoms with Crippen LogP contribution in [0.5, 0.6) is 0 Å². The van der Waals surface area contributed by atoms with Crippen molar-refractivity contribution in [2.24, 2.45) is 0 Å². The molecule has 1 aromatic heterocycles. The van der Waals surface area contributed by atoms with Crippen LogP contribution in [0.2, 0.25) is 0 Å². The molecule has 0 radical (unpaired) electrons. The Bertz CT molecular complexity index is 1560. The molecule has 0 bridgehead atoms. The number of nitro benzene ring substituents is 1. The molecule has 2 aliphatic rings. The number of nitrogens with one attached hydrogen (secondary N) is 1. The molecule has 14 heteroatoms. The van der Waals surface area contributed by atoms with Crippen molar-refractivity contribution in [3.05, 3.63) is 74.7 Å². The number of carboxylic acid groups (broad SMARTS) is 2. The number of anilines is 1. The van der Waals surface area contributed by atoms with E-state index in [9.17, 15) is 33.7 Å². The van der Waals surface area contributed by atoms with E-state index in [1.54, 1.807) is 19.1 Å². The molecule has 208 valence electrons. The van der Waals surface area contributed by atoms with Crippen LogP contribution in [0.1, 0.15) is 57.7 Å². The zero-order chi connectivity index (χ0) is 29.1. The van der Waals surface area contributed by atoms with Gasteiger partial charge in [-0.2, -0.15) is 0 Å². The van der Waals surface area contributed by atoms with Crippen LogP contribution in [0.25, 0.3) is 11.0 Å². The van der Waals surface area contributed by atoms with Crippen molar-refractivity contribution in [3.8, 4) is 0 Å².